The predicted octanol–water partition coefficient (Wildman–Crippen LogP) is 2.09. The molecule has 2 N–H and O–H groups in total. The SMILES string of the molecule is CCNC(CO)c1ccccc1Br. The number of hydrogen-bond acceptors (Lipinski definition) is 2. The van der Waals surface area contributed by atoms with E-state index in [1.807, 2.05) is 31.2 Å². The van der Waals surface area contributed by atoms with Crippen molar-refractivity contribution >= 4 is 15.9 Å². The fraction of sp³-hybridized carbons (Fsp3) is 0.400. The van der Waals surface area contributed by atoms with E-state index in [9.17, 15) is 0 Å². The normalized spacial score (nSPS) is 12.8. The van der Waals surface area contributed by atoms with Crippen molar-refractivity contribution in [3.63, 3.8) is 0 Å². The molecule has 0 aliphatic rings. The van der Waals surface area contributed by atoms with Crippen LogP contribution in [-0.4, -0.2) is 18.3 Å². The highest BCUT2D eigenvalue weighted by Crippen LogP contribution is 2.22. The van der Waals surface area contributed by atoms with Crippen LogP contribution >= 0.6 is 15.9 Å². The quantitative estimate of drug-likeness (QED) is 0.850. The summed E-state index contributed by atoms with van der Waals surface area (Å²) >= 11 is 3.46. The average molecular weight is 244 g/mol. The lowest BCUT2D eigenvalue weighted by Gasteiger charge is -2.16. The molecule has 3 heteroatoms. The van der Waals surface area contributed by atoms with Crippen LogP contribution in [0.25, 0.3) is 0 Å². The van der Waals surface area contributed by atoms with Gasteiger partial charge in [-0.2, -0.15) is 0 Å². The molecule has 13 heavy (non-hydrogen) atoms. The maximum atomic E-state index is 9.15. The van der Waals surface area contributed by atoms with Gasteiger partial charge in [-0.05, 0) is 18.2 Å². The van der Waals surface area contributed by atoms with Crippen molar-refractivity contribution in [2.75, 3.05) is 13.2 Å². The van der Waals surface area contributed by atoms with E-state index in [0.717, 1.165) is 16.6 Å². The van der Waals surface area contributed by atoms with Gasteiger partial charge in [-0.3, -0.25) is 0 Å². The van der Waals surface area contributed by atoms with Crippen molar-refractivity contribution in [3.8, 4) is 0 Å². The molecule has 0 radical (unpaired) electrons. The highest BCUT2D eigenvalue weighted by molar-refractivity contribution is 9.10. The van der Waals surface area contributed by atoms with Crippen LogP contribution < -0.4 is 5.32 Å². The molecule has 1 atom stereocenters. The Morgan fingerprint density at radius 3 is 2.69 bits per heavy atom. The van der Waals surface area contributed by atoms with Crippen molar-refractivity contribution in [1.82, 2.24) is 5.32 Å². The van der Waals surface area contributed by atoms with E-state index in [2.05, 4.69) is 21.2 Å². The largest absolute Gasteiger partial charge is 0.394 e. The Hall–Kier alpha value is -0.380. The van der Waals surface area contributed by atoms with Gasteiger partial charge < -0.3 is 10.4 Å². The second kappa shape index (κ2) is 5.37. The summed E-state index contributed by atoms with van der Waals surface area (Å²) in [4.78, 5) is 0. The summed E-state index contributed by atoms with van der Waals surface area (Å²) in [7, 11) is 0. The first-order chi connectivity index (χ1) is 6.29. The minimum absolute atomic E-state index is 0.0283. The molecule has 1 aromatic rings. The average Bonchev–Trinajstić information content (AvgIpc) is 2.16. The Morgan fingerprint density at radius 1 is 1.46 bits per heavy atom. The number of hydrogen-bond donors (Lipinski definition) is 2. The van der Waals surface area contributed by atoms with Crippen LogP contribution in [0.15, 0.2) is 28.7 Å². The van der Waals surface area contributed by atoms with Gasteiger partial charge >= 0.3 is 0 Å². The van der Waals surface area contributed by atoms with Crippen LogP contribution in [0, 0.1) is 0 Å². The Kier molecular flexibility index (Phi) is 4.42. The van der Waals surface area contributed by atoms with E-state index in [0.29, 0.717) is 0 Å². The molecule has 0 aromatic heterocycles. The summed E-state index contributed by atoms with van der Waals surface area (Å²) in [6.07, 6.45) is 0. The molecule has 1 unspecified atom stereocenters. The lowest BCUT2D eigenvalue weighted by molar-refractivity contribution is 0.246. The number of benzene rings is 1. The molecule has 1 aromatic carbocycles. The number of nitrogens with one attached hydrogen (secondary N) is 1. The molecule has 0 bridgehead atoms. The topological polar surface area (TPSA) is 32.3 Å². The van der Waals surface area contributed by atoms with E-state index < -0.39 is 0 Å². The predicted molar refractivity (Wildman–Crippen MR) is 57.6 cm³/mol. The van der Waals surface area contributed by atoms with Gasteiger partial charge in [0.1, 0.15) is 0 Å². The molecule has 72 valence electrons. The van der Waals surface area contributed by atoms with Gasteiger partial charge in [-0.25, -0.2) is 0 Å². The van der Waals surface area contributed by atoms with Crippen LogP contribution in [0.4, 0.5) is 0 Å². The Morgan fingerprint density at radius 2 is 2.15 bits per heavy atom. The smallest absolute Gasteiger partial charge is 0.0626 e. The number of aliphatic hydroxyl groups is 1. The zero-order valence-corrected chi connectivity index (χ0v) is 9.21. The Bertz CT molecular complexity index is 265. The maximum absolute atomic E-state index is 9.15. The third-order valence-corrected chi connectivity index (χ3v) is 2.64. The van der Waals surface area contributed by atoms with Crippen LogP contribution in [-0.2, 0) is 0 Å². The van der Waals surface area contributed by atoms with Gasteiger partial charge in [0.15, 0.2) is 0 Å². The number of likely N-dealkylation sites (N-methyl/N-ethyl adjacent to an activating group) is 1. The van der Waals surface area contributed by atoms with Gasteiger partial charge in [0.25, 0.3) is 0 Å². The van der Waals surface area contributed by atoms with Crippen molar-refractivity contribution < 1.29 is 5.11 Å². The summed E-state index contributed by atoms with van der Waals surface area (Å²) in [5, 5.41) is 12.4. The molecule has 0 heterocycles. The van der Waals surface area contributed by atoms with Crippen LogP contribution in [0.3, 0.4) is 0 Å². The molecule has 2 nitrogen and oxygen atoms in total. The van der Waals surface area contributed by atoms with E-state index in [-0.39, 0.29) is 12.6 Å². The second-order valence-electron chi connectivity index (χ2n) is 2.81. The van der Waals surface area contributed by atoms with Crippen LogP contribution in [0.5, 0.6) is 0 Å². The van der Waals surface area contributed by atoms with Crippen molar-refractivity contribution in [2.24, 2.45) is 0 Å². The fourth-order valence-electron chi connectivity index (χ4n) is 1.28. The minimum atomic E-state index is 0.0283. The summed E-state index contributed by atoms with van der Waals surface area (Å²) in [6.45, 7) is 3.00. The first-order valence-corrected chi connectivity index (χ1v) is 5.17. The maximum Gasteiger partial charge on any atom is 0.0626 e. The number of aliphatic hydroxyl groups excluding tert-OH is 1. The molecule has 0 amide bonds. The van der Waals surface area contributed by atoms with E-state index in [1.54, 1.807) is 0 Å². The Labute approximate surface area is 87.1 Å². The summed E-state index contributed by atoms with van der Waals surface area (Å²) in [5.41, 5.74) is 1.10. The first-order valence-electron chi connectivity index (χ1n) is 4.38. The van der Waals surface area contributed by atoms with Crippen LogP contribution in [0.2, 0.25) is 0 Å². The molecule has 1 rings (SSSR count). The highest BCUT2D eigenvalue weighted by Gasteiger charge is 2.10. The zero-order chi connectivity index (χ0) is 9.68. The lowest BCUT2D eigenvalue weighted by atomic mass is 10.1. The van der Waals surface area contributed by atoms with E-state index in [4.69, 9.17) is 5.11 Å². The van der Waals surface area contributed by atoms with E-state index in [1.165, 1.54) is 0 Å². The van der Waals surface area contributed by atoms with E-state index >= 15 is 0 Å². The molecular weight excluding hydrogens is 230 g/mol. The summed E-state index contributed by atoms with van der Waals surface area (Å²) in [5.74, 6) is 0. The Balaban J connectivity index is 2.84. The van der Waals surface area contributed by atoms with Crippen molar-refractivity contribution in [3.05, 3.63) is 34.3 Å². The molecule has 0 aliphatic carbocycles. The van der Waals surface area contributed by atoms with Crippen molar-refractivity contribution in [2.45, 2.75) is 13.0 Å². The van der Waals surface area contributed by atoms with Gasteiger partial charge in [0.05, 0.1) is 12.6 Å². The fourth-order valence-corrected chi connectivity index (χ4v) is 1.84. The molecule has 0 saturated carbocycles. The third-order valence-electron chi connectivity index (χ3n) is 1.91. The first kappa shape index (κ1) is 10.7. The molecular formula is C10H14BrNO. The standard InChI is InChI=1S/C10H14BrNO/c1-2-12-10(7-13)8-5-3-4-6-9(8)11/h3-6,10,12-13H,2,7H2,1H3. The molecule has 0 aliphatic heterocycles. The second-order valence-corrected chi connectivity index (χ2v) is 3.67. The van der Waals surface area contributed by atoms with Gasteiger partial charge in [-0.1, -0.05) is 41.1 Å². The summed E-state index contributed by atoms with van der Waals surface area (Å²) in [6, 6.07) is 7.96. The molecule has 0 spiro atoms. The van der Waals surface area contributed by atoms with Gasteiger partial charge in [-0.15, -0.1) is 0 Å². The number of rotatable bonds is 4. The number of halogens is 1. The summed E-state index contributed by atoms with van der Waals surface area (Å²) < 4.78 is 1.04. The lowest BCUT2D eigenvalue weighted by Crippen LogP contribution is -2.24. The van der Waals surface area contributed by atoms with Gasteiger partial charge in [0.2, 0.25) is 0 Å². The minimum Gasteiger partial charge on any atom is -0.394 e. The zero-order valence-electron chi connectivity index (χ0n) is 7.63. The van der Waals surface area contributed by atoms with Crippen LogP contribution in [0.1, 0.15) is 18.5 Å². The third kappa shape index (κ3) is 2.79. The molecule has 0 saturated heterocycles. The van der Waals surface area contributed by atoms with Gasteiger partial charge in [0, 0.05) is 4.47 Å². The van der Waals surface area contributed by atoms with Crippen molar-refractivity contribution in [1.29, 1.82) is 0 Å². The highest BCUT2D eigenvalue weighted by atomic mass is 79.9. The monoisotopic (exact) mass is 243 g/mol. The molecule has 0 fully saturated rings.